The van der Waals surface area contributed by atoms with Gasteiger partial charge in [0.25, 0.3) is 0 Å². The molecule has 0 aliphatic carbocycles. The lowest BCUT2D eigenvalue weighted by atomic mass is 10.1. The van der Waals surface area contributed by atoms with Gasteiger partial charge < -0.3 is 20.1 Å². The monoisotopic (exact) mass is 308 g/mol. The Morgan fingerprint density at radius 3 is 2.41 bits per heavy atom. The van der Waals surface area contributed by atoms with Gasteiger partial charge in [0.15, 0.2) is 6.61 Å². The van der Waals surface area contributed by atoms with Crippen LogP contribution in [-0.4, -0.2) is 54.5 Å². The number of hydrogen-bond acceptors (Lipinski definition) is 4. The second-order valence-electron chi connectivity index (χ2n) is 4.80. The molecule has 0 atom stereocenters. The number of rotatable bonds is 8. The molecule has 1 aromatic carbocycles. The smallest absolute Gasteiger partial charge is 0.341 e. The van der Waals surface area contributed by atoms with Crippen LogP contribution in [0.5, 0.6) is 5.75 Å². The molecule has 0 unspecified atom stereocenters. The molecule has 0 heterocycles. The zero-order valence-corrected chi connectivity index (χ0v) is 12.7. The van der Waals surface area contributed by atoms with Crippen LogP contribution in [0.15, 0.2) is 24.3 Å². The minimum atomic E-state index is -1.03. The number of carbonyl (C=O) groups is 3. The second-order valence-corrected chi connectivity index (χ2v) is 4.80. The van der Waals surface area contributed by atoms with Gasteiger partial charge in [0, 0.05) is 20.5 Å². The maximum Gasteiger partial charge on any atom is 0.341 e. The lowest BCUT2D eigenvalue weighted by Gasteiger charge is -2.14. The Labute approximate surface area is 128 Å². The summed E-state index contributed by atoms with van der Waals surface area (Å²) in [6, 6.07) is 6.99. The maximum absolute atomic E-state index is 11.6. The molecule has 0 aliphatic heterocycles. The number of benzene rings is 1. The summed E-state index contributed by atoms with van der Waals surface area (Å²) in [4.78, 5) is 34.3. The third-order valence-electron chi connectivity index (χ3n) is 2.94. The molecule has 1 aromatic rings. The van der Waals surface area contributed by atoms with E-state index in [-0.39, 0.29) is 25.0 Å². The average molecular weight is 308 g/mol. The lowest BCUT2D eigenvalue weighted by molar-refractivity contribution is -0.139. The Hall–Kier alpha value is -2.57. The summed E-state index contributed by atoms with van der Waals surface area (Å²) in [6.07, 6.45) is 0.634. The van der Waals surface area contributed by atoms with Gasteiger partial charge >= 0.3 is 5.97 Å². The van der Waals surface area contributed by atoms with E-state index in [1.165, 1.54) is 11.8 Å². The van der Waals surface area contributed by atoms with Gasteiger partial charge in [-0.15, -0.1) is 0 Å². The number of amides is 2. The molecule has 2 N–H and O–H groups in total. The fourth-order valence-corrected chi connectivity index (χ4v) is 1.63. The van der Waals surface area contributed by atoms with E-state index in [9.17, 15) is 14.4 Å². The molecular weight excluding hydrogens is 288 g/mol. The molecule has 0 saturated heterocycles. The molecule has 0 fully saturated rings. The van der Waals surface area contributed by atoms with Crippen LogP contribution >= 0.6 is 0 Å². The van der Waals surface area contributed by atoms with E-state index in [1.807, 2.05) is 12.1 Å². The number of nitrogens with one attached hydrogen (secondary N) is 1. The Bertz CT molecular complexity index is 527. The molecule has 0 saturated carbocycles. The first-order valence-corrected chi connectivity index (χ1v) is 6.80. The summed E-state index contributed by atoms with van der Waals surface area (Å²) < 4.78 is 5.02. The van der Waals surface area contributed by atoms with Crippen LogP contribution in [0.1, 0.15) is 12.5 Å². The Kier molecular flexibility index (Phi) is 6.88. The fraction of sp³-hybridized carbons (Fsp3) is 0.400. The largest absolute Gasteiger partial charge is 0.482 e. The Balaban J connectivity index is 2.31. The Morgan fingerprint density at radius 1 is 1.23 bits per heavy atom. The summed E-state index contributed by atoms with van der Waals surface area (Å²) in [5.74, 6) is -0.910. The van der Waals surface area contributed by atoms with Gasteiger partial charge in [0.05, 0.1) is 6.54 Å². The summed E-state index contributed by atoms with van der Waals surface area (Å²) in [7, 11) is 1.57. The lowest BCUT2D eigenvalue weighted by Crippen LogP contribution is -2.38. The van der Waals surface area contributed by atoms with Gasteiger partial charge in [-0.25, -0.2) is 4.79 Å². The van der Waals surface area contributed by atoms with Gasteiger partial charge in [0.2, 0.25) is 11.8 Å². The minimum absolute atomic E-state index is 0.0390. The topological polar surface area (TPSA) is 95.9 Å². The normalized spacial score (nSPS) is 9.91. The molecule has 1 rings (SSSR count). The number of hydrogen-bond donors (Lipinski definition) is 2. The van der Waals surface area contributed by atoms with Crippen LogP contribution in [0, 0.1) is 0 Å². The van der Waals surface area contributed by atoms with Crippen molar-refractivity contribution in [3.8, 4) is 5.75 Å². The zero-order valence-electron chi connectivity index (χ0n) is 12.7. The molecule has 22 heavy (non-hydrogen) atoms. The third-order valence-corrected chi connectivity index (χ3v) is 2.94. The van der Waals surface area contributed by atoms with Crippen LogP contribution in [0.3, 0.4) is 0 Å². The van der Waals surface area contributed by atoms with E-state index in [2.05, 4.69) is 5.32 Å². The van der Waals surface area contributed by atoms with Crippen LogP contribution in [0.4, 0.5) is 0 Å². The highest BCUT2D eigenvalue weighted by Crippen LogP contribution is 2.12. The first-order chi connectivity index (χ1) is 10.4. The van der Waals surface area contributed by atoms with Crippen LogP contribution in [0.2, 0.25) is 0 Å². The SMILES string of the molecule is CC(=O)N(C)CC(=O)NCCc1ccc(OCC(=O)O)cc1. The number of ether oxygens (including phenoxy) is 1. The Morgan fingerprint density at radius 2 is 1.86 bits per heavy atom. The first kappa shape index (κ1) is 17.5. The summed E-state index contributed by atoms with van der Waals surface area (Å²) in [5, 5.41) is 11.2. The van der Waals surface area contributed by atoms with Crippen molar-refractivity contribution in [2.45, 2.75) is 13.3 Å². The van der Waals surface area contributed by atoms with E-state index in [0.29, 0.717) is 18.7 Å². The van der Waals surface area contributed by atoms with E-state index >= 15 is 0 Å². The van der Waals surface area contributed by atoms with Gasteiger partial charge in [-0.2, -0.15) is 0 Å². The van der Waals surface area contributed by atoms with Gasteiger partial charge in [-0.1, -0.05) is 12.1 Å². The van der Waals surface area contributed by atoms with E-state index < -0.39 is 5.97 Å². The van der Waals surface area contributed by atoms with Crippen LogP contribution in [-0.2, 0) is 20.8 Å². The first-order valence-electron chi connectivity index (χ1n) is 6.80. The molecule has 0 radical (unpaired) electrons. The predicted molar refractivity (Wildman–Crippen MR) is 79.6 cm³/mol. The summed E-state index contributed by atoms with van der Waals surface area (Å²) in [6.45, 7) is 1.53. The number of aliphatic carboxylic acids is 1. The molecule has 7 nitrogen and oxygen atoms in total. The molecule has 0 spiro atoms. The van der Waals surface area contributed by atoms with Crippen molar-refractivity contribution < 1.29 is 24.2 Å². The van der Waals surface area contributed by atoms with Gasteiger partial charge in [-0.3, -0.25) is 9.59 Å². The zero-order chi connectivity index (χ0) is 16.5. The molecule has 0 aromatic heterocycles. The van der Waals surface area contributed by atoms with Crippen molar-refractivity contribution in [1.29, 1.82) is 0 Å². The number of likely N-dealkylation sites (N-methyl/N-ethyl adjacent to an activating group) is 1. The van der Waals surface area contributed by atoms with E-state index in [1.54, 1.807) is 19.2 Å². The van der Waals surface area contributed by atoms with Crippen LogP contribution in [0.25, 0.3) is 0 Å². The average Bonchev–Trinajstić information content (AvgIpc) is 2.46. The fourth-order valence-electron chi connectivity index (χ4n) is 1.63. The summed E-state index contributed by atoms with van der Waals surface area (Å²) in [5.41, 5.74) is 0.989. The minimum Gasteiger partial charge on any atom is -0.482 e. The molecule has 0 bridgehead atoms. The molecule has 0 aliphatic rings. The molecule has 7 heteroatoms. The van der Waals surface area contributed by atoms with Crippen molar-refractivity contribution in [2.24, 2.45) is 0 Å². The quantitative estimate of drug-likeness (QED) is 0.719. The second kappa shape index (κ2) is 8.66. The molecule has 2 amide bonds. The van der Waals surface area contributed by atoms with Gasteiger partial charge in [0.1, 0.15) is 5.75 Å². The highest BCUT2D eigenvalue weighted by Gasteiger charge is 2.08. The van der Waals surface area contributed by atoms with Crippen molar-refractivity contribution in [3.05, 3.63) is 29.8 Å². The van der Waals surface area contributed by atoms with Crippen LogP contribution < -0.4 is 10.1 Å². The summed E-state index contributed by atoms with van der Waals surface area (Å²) >= 11 is 0. The number of carbonyl (C=O) groups excluding carboxylic acids is 2. The van der Waals surface area contributed by atoms with Crippen molar-refractivity contribution in [3.63, 3.8) is 0 Å². The number of carboxylic acid groups (broad SMARTS) is 1. The van der Waals surface area contributed by atoms with Crippen molar-refractivity contribution >= 4 is 17.8 Å². The maximum atomic E-state index is 11.6. The number of nitrogens with zero attached hydrogens (tertiary/aromatic N) is 1. The molecular formula is C15H20N2O5. The van der Waals surface area contributed by atoms with Gasteiger partial charge in [-0.05, 0) is 24.1 Å². The van der Waals surface area contributed by atoms with E-state index in [4.69, 9.17) is 9.84 Å². The third kappa shape index (κ3) is 6.74. The van der Waals surface area contributed by atoms with E-state index in [0.717, 1.165) is 5.56 Å². The molecule has 120 valence electrons. The standard InChI is InChI=1S/C15H20N2O5/c1-11(18)17(2)9-14(19)16-8-7-12-3-5-13(6-4-12)22-10-15(20)21/h3-6H,7-10H2,1-2H3,(H,16,19)(H,20,21). The van der Waals surface area contributed by atoms with Crippen molar-refractivity contribution in [1.82, 2.24) is 10.2 Å². The van der Waals surface area contributed by atoms with Crippen molar-refractivity contribution in [2.75, 3.05) is 26.7 Å². The predicted octanol–water partition coefficient (Wildman–Crippen LogP) is 0.287. The highest BCUT2D eigenvalue weighted by atomic mass is 16.5. The highest BCUT2D eigenvalue weighted by molar-refractivity contribution is 5.83. The number of carboxylic acids is 1.